The molecule has 0 aromatic heterocycles. The maximum atomic E-state index is 2.71. The molecule has 0 bridgehead atoms. The predicted octanol–water partition coefficient (Wildman–Crippen LogP) is 16.7. The van der Waals surface area contributed by atoms with Gasteiger partial charge in [-0.2, -0.15) is 0 Å². The summed E-state index contributed by atoms with van der Waals surface area (Å²) >= 11 is 0. The van der Waals surface area contributed by atoms with Crippen molar-refractivity contribution in [2.45, 2.75) is 129 Å². The Morgan fingerprint density at radius 2 is 0.930 bits per heavy atom. The molecule has 0 fully saturated rings. The molecule has 2 nitrogen and oxygen atoms in total. The van der Waals surface area contributed by atoms with Crippen molar-refractivity contribution >= 4 is 57.2 Å². The molecule has 12 rings (SSSR count). The second kappa shape index (κ2) is 15.7. The Kier molecular flexibility index (Phi) is 10.1. The van der Waals surface area contributed by atoms with Crippen molar-refractivity contribution in [1.29, 1.82) is 0 Å². The van der Waals surface area contributed by atoms with Gasteiger partial charge in [-0.1, -0.05) is 191 Å². The highest BCUT2D eigenvalue weighted by Crippen LogP contribution is 2.55. The molecule has 2 heterocycles. The monoisotopic (exact) mass is 925 g/mol. The summed E-state index contributed by atoms with van der Waals surface area (Å²) < 4.78 is 0. The molecule has 71 heavy (non-hydrogen) atoms. The Bertz CT molecular complexity index is 3440. The van der Waals surface area contributed by atoms with Crippen LogP contribution in [0.25, 0.3) is 33.4 Å². The Balaban J connectivity index is 1.17. The van der Waals surface area contributed by atoms with Crippen molar-refractivity contribution < 1.29 is 0 Å². The van der Waals surface area contributed by atoms with Gasteiger partial charge >= 0.3 is 0 Å². The summed E-state index contributed by atoms with van der Waals surface area (Å²) in [6.45, 7) is 29.1. The number of anilines is 6. The fraction of sp³-hybridized carbons (Fsp3) is 0.294. The first-order valence-corrected chi connectivity index (χ1v) is 26.3. The van der Waals surface area contributed by atoms with E-state index in [9.17, 15) is 0 Å². The highest BCUT2D eigenvalue weighted by molar-refractivity contribution is 7.00. The Hall–Kier alpha value is -6.58. The van der Waals surface area contributed by atoms with Crippen LogP contribution in [0.4, 0.5) is 34.1 Å². The van der Waals surface area contributed by atoms with Gasteiger partial charge in [0.1, 0.15) is 0 Å². The van der Waals surface area contributed by atoms with Crippen molar-refractivity contribution in [1.82, 2.24) is 0 Å². The lowest BCUT2D eigenvalue weighted by Gasteiger charge is -2.45. The molecule has 0 N–H and O–H groups in total. The molecule has 0 amide bonds. The topological polar surface area (TPSA) is 6.48 Å². The Labute approximate surface area is 424 Å². The lowest BCUT2D eigenvalue weighted by atomic mass is 9.33. The average molecular weight is 925 g/mol. The van der Waals surface area contributed by atoms with Gasteiger partial charge in [0.15, 0.2) is 0 Å². The molecule has 0 unspecified atom stereocenters. The molecule has 0 spiro atoms. The lowest BCUT2D eigenvalue weighted by Crippen LogP contribution is -2.61. The van der Waals surface area contributed by atoms with E-state index < -0.39 is 0 Å². The third kappa shape index (κ3) is 7.27. The van der Waals surface area contributed by atoms with Crippen LogP contribution >= 0.6 is 0 Å². The molecule has 2 aliphatic carbocycles. The molecule has 0 atom stereocenters. The van der Waals surface area contributed by atoms with E-state index in [2.05, 4.69) is 257 Å². The van der Waals surface area contributed by atoms with Crippen LogP contribution in [-0.2, 0) is 27.1 Å². The van der Waals surface area contributed by atoms with E-state index >= 15 is 0 Å². The average Bonchev–Trinajstić information content (AvgIpc) is 3.53. The number of nitrogens with zero attached hydrogens (tertiary/aromatic N) is 2. The lowest BCUT2D eigenvalue weighted by molar-refractivity contribution is 0.332. The maximum absolute atomic E-state index is 2.71. The molecular formula is C68H69BN2. The molecule has 4 aliphatic rings. The highest BCUT2D eigenvalue weighted by Gasteiger charge is 2.48. The number of aryl methyl sites for hydroxylation is 1. The minimum atomic E-state index is -0.0384. The SMILES string of the molecule is Cc1cc2c3c(c1)N(c1ccc(C(C)(C)C)cc1-c1ccc4c(c1)C(C)(C)CCC4(C)C)c1cc4c(cc1B3c1cc(-c3ccccc3)ccc1N2c1ccc(-c2ccccc2)cc1)C(C)(C)CC4(C)C. The third-order valence-corrected chi connectivity index (χ3v) is 17.3. The fourth-order valence-electron chi connectivity index (χ4n) is 13.6. The molecule has 3 heteroatoms. The van der Waals surface area contributed by atoms with Gasteiger partial charge in [-0.05, 0) is 179 Å². The van der Waals surface area contributed by atoms with E-state index in [-0.39, 0.29) is 33.8 Å². The summed E-state index contributed by atoms with van der Waals surface area (Å²) in [5.74, 6) is 0. The Morgan fingerprint density at radius 3 is 1.58 bits per heavy atom. The van der Waals surface area contributed by atoms with Crippen molar-refractivity contribution in [2.24, 2.45) is 0 Å². The van der Waals surface area contributed by atoms with Crippen LogP contribution in [0, 0.1) is 6.92 Å². The van der Waals surface area contributed by atoms with Crippen molar-refractivity contribution in [3.63, 3.8) is 0 Å². The largest absolute Gasteiger partial charge is 0.311 e. The van der Waals surface area contributed by atoms with Crippen LogP contribution in [0.2, 0.25) is 0 Å². The van der Waals surface area contributed by atoms with Gasteiger partial charge in [0.25, 0.3) is 6.71 Å². The molecule has 2 aliphatic heterocycles. The highest BCUT2D eigenvalue weighted by atomic mass is 15.2. The molecule has 8 aromatic rings. The second-order valence-corrected chi connectivity index (χ2v) is 25.3. The van der Waals surface area contributed by atoms with Gasteiger partial charge < -0.3 is 9.80 Å². The standard InChI is InChI=1S/C68H69BN2/c1-43-35-61-63-62(36-43)71(58-32-27-49(64(2,3)4)39-51(58)48-25-30-52-53(37-48)66(7,8)34-33-65(52,5)6)60-41-55-54(67(9,10)42-68(55,11)12)40-57(60)69(63)56-38-47(45-21-17-14-18-22-45)26-31-59(56)70(61)50-28-23-46(24-29-50)44-19-15-13-16-20-44/h13-32,35-41H,33-34,42H2,1-12H3. The molecule has 8 aromatic carbocycles. The van der Waals surface area contributed by atoms with Gasteiger partial charge in [0.2, 0.25) is 0 Å². The first-order valence-electron chi connectivity index (χ1n) is 26.3. The van der Waals surface area contributed by atoms with Crippen molar-refractivity contribution in [3.8, 4) is 33.4 Å². The molecule has 0 radical (unpaired) electrons. The normalized spacial score (nSPS) is 17.5. The summed E-state index contributed by atoms with van der Waals surface area (Å²) in [4.78, 5) is 5.28. The molecular weight excluding hydrogens is 856 g/mol. The maximum Gasteiger partial charge on any atom is 0.252 e. The minimum absolute atomic E-state index is 0.000704. The van der Waals surface area contributed by atoms with Gasteiger partial charge in [0.05, 0.1) is 5.69 Å². The van der Waals surface area contributed by atoms with Crippen LogP contribution in [0.15, 0.2) is 164 Å². The number of benzene rings is 8. The second-order valence-electron chi connectivity index (χ2n) is 25.3. The van der Waals surface area contributed by atoms with Gasteiger partial charge in [0, 0.05) is 34.0 Å². The zero-order valence-electron chi connectivity index (χ0n) is 44.2. The summed E-state index contributed by atoms with van der Waals surface area (Å²) in [6.07, 6.45) is 3.48. The fourth-order valence-corrected chi connectivity index (χ4v) is 13.6. The van der Waals surface area contributed by atoms with Crippen molar-refractivity contribution in [3.05, 3.63) is 197 Å². The third-order valence-electron chi connectivity index (χ3n) is 17.3. The van der Waals surface area contributed by atoms with E-state index in [0.717, 1.165) is 12.1 Å². The smallest absolute Gasteiger partial charge is 0.252 e. The summed E-state index contributed by atoms with van der Waals surface area (Å²) in [6, 6.07) is 63.5. The Morgan fingerprint density at radius 1 is 0.408 bits per heavy atom. The number of hydrogen-bond donors (Lipinski definition) is 0. The minimum Gasteiger partial charge on any atom is -0.311 e. The zero-order valence-corrected chi connectivity index (χ0v) is 44.2. The van der Waals surface area contributed by atoms with Crippen LogP contribution in [0.3, 0.4) is 0 Å². The zero-order chi connectivity index (χ0) is 49.6. The van der Waals surface area contributed by atoms with E-state index in [1.54, 1.807) is 0 Å². The summed E-state index contributed by atoms with van der Waals surface area (Å²) in [7, 11) is 0. The van der Waals surface area contributed by atoms with E-state index in [0.29, 0.717) is 0 Å². The summed E-state index contributed by atoms with van der Waals surface area (Å²) in [5, 5.41) is 0. The quantitative estimate of drug-likeness (QED) is 0.159. The van der Waals surface area contributed by atoms with Crippen LogP contribution in [0.1, 0.15) is 129 Å². The van der Waals surface area contributed by atoms with Crippen LogP contribution < -0.4 is 26.2 Å². The predicted molar refractivity (Wildman–Crippen MR) is 306 cm³/mol. The van der Waals surface area contributed by atoms with Gasteiger partial charge in [-0.15, -0.1) is 0 Å². The van der Waals surface area contributed by atoms with Crippen LogP contribution in [0.5, 0.6) is 0 Å². The number of rotatable bonds is 5. The van der Waals surface area contributed by atoms with E-state index in [1.165, 1.54) is 124 Å². The van der Waals surface area contributed by atoms with E-state index in [1.807, 2.05) is 0 Å². The molecule has 0 saturated carbocycles. The van der Waals surface area contributed by atoms with Crippen molar-refractivity contribution in [2.75, 3.05) is 9.80 Å². The first kappa shape index (κ1) is 45.6. The van der Waals surface area contributed by atoms with Gasteiger partial charge in [-0.25, -0.2) is 0 Å². The first-order chi connectivity index (χ1) is 33.7. The number of hydrogen-bond acceptors (Lipinski definition) is 2. The summed E-state index contributed by atoms with van der Waals surface area (Å²) in [5.41, 5.74) is 27.8. The molecule has 354 valence electrons. The molecule has 0 saturated heterocycles. The van der Waals surface area contributed by atoms with Crippen LogP contribution in [-0.4, -0.2) is 6.71 Å². The number of fused-ring (bicyclic) bond motifs is 6. The van der Waals surface area contributed by atoms with Gasteiger partial charge in [-0.3, -0.25) is 0 Å². The van der Waals surface area contributed by atoms with E-state index in [4.69, 9.17) is 0 Å².